The lowest BCUT2D eigenvalue weighted by atomic mass is 10.1. The van der Waals surface area contributed by atoms with E-state index in [0.29, 0.717) is 45.2 Å². The molecule has 0 spiro atoms. The Kier molecular flexibility index (Phi) is 10.5. The predicted molar refractivity (Wildman–Crippen MR) is 149 cm³/mol. The van der Waals surface area contributed by atoms with Crippen LogP contribution in [0.15, 0.2) is 64.4 Å². The molecule has 4 rings (SSSR count). The minimum atomic E-state index is -0.494. The molecule has 1 atom stereocenters. The van der Waals surface area contributed by atoms with Crippen LogP contribution in [0.5, 0.6) is 0 Å². The first kappa shape index (κ1) is 28.8. The largest absolute Gasteiger partial charge is 0.394 e. The Morgan fingerprint density at radius 1 is 1.10 bits per heavy atom. The molecule has 1 aromatic carbocycles. The van der Waals surface area contributed by atoms with E-state index in [4.69, 9.17) is 15.3 Å². The molecule has 0 aromatic heterocycles. The number of carbonyl (C=O) groups is 3. The highest BCUT2D eigenvalue weighted by atomic mass is 32.2. The highest BCUT2D eigenvalue weighted by Gasteiger charge is 2.31. The van der Waals surface area contributed by atoms with Gasteiger partial charge in [0.1, 0.15) is 12.4 Å². The van der Waals surface area contributed by atoms with E-state index in [2.05, 4.69) is 28.4 Å². The Labute approximate surface area is 232 Å². The summed E-state index contributed by atoms with van der Waals surface area (Å²) in [5.41, 5.74) is 0.864. The van der Waals surface area contributed by atoms with Crippen LogP contribution < -0.4 is 5.32 Å². The van der Waals surface area contributed by atoms with Gasteiger partial charge in [-0.15, -0.1) is 0 Å². The van der Waals surface area contributed by atoms with Gasteiger partial charge in [-0.3, -0.25) is 29.6 Å². The number of benzene rings is 1. The van der Waals surface area contributed by atoms with E-state index in [9.17, 15) is 14.4 Å². The number of amidine groups is 1. The second-order valence-electron chi connectivity index (χ2n) is 9.40. The van der Waals surface area contributed by atoms with Crippen molar-refractivity contribution in [1.29, 1.82) is 5.41 Å². The maximum absolute atomic E-state index is 12.6. The number of aliphatic hydroxyl groups is 1. The molecule has 3 aliphatic rings. The van der Waals surface area contributed by atoms with Crippen LogP contribution in [0.4, 0.5) is 0 Å². The van der Waals surface area contributed by atoms with Gasteiger partial charge in [-0.1, -0.05) is 48.2 Å². The van der Waals surface area contributed by atoms with Crippen LogP contribution >= 0.6 is 11.8 Å². The van der Waals surface area contributed by atoms with Gasteiger partial charge in [0.05, 0.1) is 19.8 Å². The number of ether oxygens (including phenoxy) is 1. The molecule has 0 bridgehead atoms. The summed E-state index contributed by atoms with van der Waals surface area (Å²) in [4.78, 5) is 43.6. The van der Waals surface area contributed by atoms with E-state index < -0.39 is 17.7 Å². The van der Waals surface area contributed by atoms with Gasteiger partial charge in [0.2, 0.25) is 5.91 Å². The van der Waals surface area contributed by atoms with Crippen LogP contribution in [0, 0.1) is 5.41 Å². The van der Waals surface area contributed by atoms with Gasteiger partial charge in [-0.05, 0) is 18.9 Å². The number of allylic oxidation sites excluding steroid dienone is 3. The van der Waals surface area contributed by atoms with Crippen LogP contribution in [0.1, 0.15) is 18.4 Å². The quantitative estimate of drug-likeness (QED) is 0.153. The lowest BCUT2D eigenvalue weighted by molar-refractivity contribution is -0.141. The minimum Gasteiger partial charge on any atom is -0.394 e. The van der Waals surface area contributed by atoms with Crippen LogP contribution in [0.2, 0.25) is 0 Å². The highest BCUT2D eigenvalue weighted by molar-refractivity contribution is 8.03. The van der Waals surface area contributed by atoms with Crippen molar-refractivity contribution < 1.29 is 24.2 Å². The van der Waals surface area contributed by atoms with Crippen LogP contribution in [-0.2, 0) is 19.1 Å². The third-order valence-corrected chi connectivity index (χ3v) is 7.86. The number of nitrogens with zero attached hydrogens (tertiary/aromatic N) is 3. The van der Waals surface area contributed by atoms with E-state index in [0.717, 1.165) is 40.4 Å². The molecule has 0 radical (unpaired) electrons. The molecule has 11 heteroatoms. The first-order chi connectivity index (χ1) is 19.0. The second kappa shape index (κ2) is 14.2. The van der Waals surface area contributed by atoms with Gasteiger partial charge in [0.25, 0.3) is 11.8 Å². The Morgan fingerprint density at radius 3 is 2.64 bits per heavy atom. The van der Waals surface area contributed by atoms with Gasteiger partial charge >= 0.3 is 0 Å². The number of piperazine rings is 1. The Balaban J connectivity index is 1.41. The van der Waals surface area contributed by atoms with Gasteiger partial charge in [-0.2, -0.15) is 0 Å². The molecule has 208 valence electrons. The lowest BCUT2D eigenvalue weighted by Crippen LogP contribution is -2.59. The lowest BCUT2D eigenvalue weighted by Gasteiger charge is -2.42. The summed E-state index contributed by atoms with van der Waals surface area (Å²) in [6.07, 6.45) is 10.9. The predicted octanol–water partition coefficient (Wildman–Crippen LogP) is 1.37. The van der Waals surface area contributed by atoms with Crippen molar-refractivity contribution >= 4 is 35.3 Å². The van der Waals surface area contributed by atoms with E-state index in [-0.39, 0.29) is 25.8 Å². The molecule has 1 saturated heterocycles. The zero-order chi connectivity index (χ0) is 27.6. The molecule has 0 unspecified atom stereocenters. The van der Waals surface area contributed by atoms with E-state index >= 15 is 0 Å². The first-order valence-electron chi connectivity index (χ1n) is 13.2. The number of hydrogen-bond donors (Lipinski definition) is 3. The van der Waals surface area contributed by atoms with Crippen molar-refractivity contribution in [2.24, 2.45) is 0 Å². The smallest absolute Gasteiger partial charge is 0.254 e. The summed E-state index contributed by atoms with van der Waals surface area (Å²) < 4.78 is 5.47. The summed E-state index contributed by atoms with van der Waals surface area (Å²) in [6, 6.07) is 7.83. The molecular formula is C28H35N5O5S. The SMILES string of the molecule is N=C(c1ccccc1SC1=CCCC=C1)N1CCN(CCOCCO)[C@@H](CNC(=O)CN2C(=O)C=CC2=O)C1. The van der Waals surface area contributed by atoms with Crippen molar-refractivity contribution in [2.45, 2.75) is 23.8 Å². The molecule has 3 amide bonds. The number of imide groups is 1. The fourth-order valence-corrected chi connectivity index (χ4v) is 5.70. The maximum Gasteiger partial charge on any atom is 0.254 e. The first-order valence-corrected chi connectivity index (χ1v) is 14.0. The van der Waals surface area contributed by atoms with Gasteiger partial charge in [0.15, 0.2) is 0 Å². The van der Waals surface area contributed by atoms with Gasteiger partial charge in [0, 0.05) is 66.3 Å². The Morgan fingerprint density at radius 2 is 1.90 bits per heavy atom. The number of rotatable bonds is 12. The zero-order valence-corrected chi connectivity index (χ0v) is 22.7. The Hall–Kier alpha value is -3.25. The summed E-state index contributed by atoms with van der Waals surface area (Å²) >= 11 is 1.67. The molecule has 39 heavy (non-hydrogen) atoms. The standard InChI is InChI=1S/C28H35N5O5S/c29-28(23-8-4-5-9-24(23)39-22-6-2-1-3-7-22)32-13-12-31(14-16-38-17-15-34)21(19-32)18-30-25(35)20-33-26(36)10-11-27(33)37/h2,4-11,21,29,34H,1,3,12-20H2,(H,30,35)/t21-/m0/s1. The van der Waals surface area contributed by atoms with Crippen molar-refractivity contribution in [1.82, 2.24) is 20.0 Å². The average molecular weight is 554 g/mol. The molecule has 10 nitrogen and oxygen atoms in total. The van der Waals surface area contributed by atoms with Crippen molar-refractivity contribution in [3.8, 4) is 0 Å². The monoisotopic (exact) mass is 553 g/mol. The zero-order valence-electron chi connectivity index (χ0n) is 21.9. The van der Waals surface area contributed by atoms with Gasteiger partial charge in [-0.25, -0.2) is 0 Å². The molecule has 1 aromatic rings. The molecule has 1 fully saturated rings. The third-order valence-electron chi connectivity index (χ3n) is 6.75. The topological polar surface area (TPSA) is 126 Å². The van der Waals surface area contributed by atoms with Crippen molar-refractivity contribution in [2.75, 3.05) is 59.1 Å². The molecule has 3 N–H and O–H groups in total. The second-order valence-corrected chi connectivity index (χ2v) is 10.5. The minimum absolute atomic E-state index is 0.0443. The van der Waals surface area contributed by atoms with Crippen LogP contribution in [-0.4, -0.2) is 108 Å². The van der Waals surface area contributed by atoms with Gasteiger partial charge < -0.3 is 20.1 Å². The molecular weight excluding hydrogens is 518 g/mol. The van der Waals surface area contributed by atoms with Crippen LogP contribution in [0.3, 0.4) is 0 Å². The number of thioether (sulfide) groups is 1. The summed E-state index contributed by atoms with van der Waals surface area (Å²) in [6.45, 7) is 3.06. The van der Waals surface area contributed by atoms with Crippen LogP contribution in [0.25, 0.3) is 0 Å². The van der Waals surface area contributed by atoms with E-state index in [1.54, 1.807) is 11.8 Å². The summed E-state index contributed by atoms with van der Waals surface area (Å²) in [5.74, 6) is -0.970. The summed E-state index contributed by atoms with van der Waals surface area (Å²) in [5, 5.41) is 20.9. The number of hydrogen-bond acceptors (Lipinski definition) is 8. The number of amides is 3. The molecule has 2 heterocycles. The number of aliphatic hydroxyl groups excluding tert-OH is 1. The average Bonchev–Trinajstić information content (AvgIpc) is 3.27. The maximum atomic E-state index is 12.6. The summed E-state index contributed by atoms with van der Waals surface area (Å²) in [7, 11) is 0. The van der Waals surface area contributed by atoms with E-state index in [1.807, 2.05) is 29.2 Å². The normalized spacial score (nSPS) is 19.5. The molecule has 2 aliphatic heterocycles. The number of carbonyl (C=O) groups excluding carboxylic acids is 3. The molecule has 1 aliphatic carbocycles. The highest BCUT2D eigenvalue weighted by Crippen LogP contribution is 2.33. The number of nitrogens with one attached hydrogen (secondary N) is 2. The fourth-order valence-electron chi connectivity index (χ4n) is 4.66. The van der Waals surface area contributed by atoms with Crippen molar-refractivity contribution in [3.05, 3.63) is 65.1 Å². The van der Waals surface area contributed by atoms with E-state index in [1.165, 1.54) is 4.91 Å². The third kappa shape index (κ3) is 7.89. The molecule has 0 saturated carbocycles. The fraction of sp³-hybridized carbons (Fsp3) is 0.429. The Bertz CT molecular complexity index is 1150. The van der Waals surface area contributed by atoms with Crippen molar-refractivity contribution in [3.63, 3.8) is 0 Å².